The Bertz CT molecular complexity index is 1360. The van der Waals surface area contributed by atoms with Gasteiger partial charge in [0.2, 0.25) is 15.7 Å². The van der Waals surface area contributed by atoms with Crippen LogP contribution in [-0.4, -0.2) is 24.0 Å². The third-order valence-corrected chi connectivity index (χ3v) is 5.88. The van der Waals surface area contributed by atoms with Crippen LogP contribution in [0.4, 0.5) is 11.4 Å². The van der Waals surface area contributed by atoms with E-state index in [2.05, 4.69) is 10.2 Å². The smallest absolute Gasteiger partial charge is 0.281 e. The first-order valence-corrected chi connectivity index (χ1v) is 10.6. The molecule has 0 saturated heterocycles. The molecule has 0 aliphatic carbocycles. The van der Waals surface area contributed by atoms with E-state index in [4.69, 9.17) is 4.74 Å². The second-order valence-corrected chi connectivity index (χ2v) is 8.47. The van der Waals surface area contributed by atoms with Crippen molar-refractivity contribution in [1.82, 2.24) is 4.57 Å². The summed E-state index contributed by atoms with van der Waals surface area (Å²) in [7, 11) is -2.31. The van der Waals surface area contributed by atoms with Crippen molar-refractivity contribution < 1.29 is 18.3 Å². The van der Waals surface area contributed by atoms with E-state index in [1.165, 1.54) is 32.2 Å². The maximum atomic E-state index is 12.4. The van der Waals surface area contributed by atoms with Gasteiger partial charge in [-0.1, -0.05) is 24.3 Å². The summed E-state index contributed by atoms with van der Waals surface area (Å²) in [5.41, 5.74) is -0.260. The van der Waals surface area contributed by atoms with Crippen LogP contribution in [0.5, 0.6) is 11.6 Å². The molecule has 3 aromatic rings. The van der Waals surface area contributed by atoms with Crippen LogP contribution in [0.2, 0.25) is 0 Å². The number of azo groups is 1. The summed E-state index contributed by atoms with van der Waals surface area (Å²) in [5.74, 6) is -0.747. The maximum absolute atomic E-state index is 12.4. The molecule has 0 spiro atoms. The molecule has 0 aliphatic heterocycles. The number of pyridine rings is 1. The lowest BCUT2D eigenvalue weighted by molar-refractivity contribution is 0.377. The molecule has 158 valence electrons. The van der Waals surface area contributed by atoms with Crippen LogP contribution in [0.15, 0.2) is 74.5 Å². The predicted molar refractivity (Wildman–Crippen MR) is 113 cm³/mol. The number of rotatable bonds is 6. The highest BCUT2D eigenvalue weighted by molar-refractivity contribution is 7.91. The molecule has 0 atom stereocenters. The predicted octanol–water partition coefficient (Wildman–Crippen LogP) is 3.50. The molecule has 0 saturated carbocycles. The van der Waals surface area contributed by atoms with Crippen molar-refractivity contribution in [2.45, 2.75) is 11.8 Å². The van der Waals surface area contributed by atoms with Gasteiger partial charge in [-0.15, -0.1) is 5.11 Å². The van der Waals surface area contributed by atoms with Crippen molar-refractivity contribution in [3.63, 3.8) is 0 Å². The lowest BCUT2D eigenvalue weighted by atomic mass is 10.1. The topological polar surface area (TPSA) is 134 Å². The van der Waals surface area contributed by atoms with Crippen molar-refractivity contribution >= 4 is 21.2 Å². The van der Waals surface area contributed by atoms with E-state index in [-0.39, 0.29) is 27.5 Å². The number of hydrogen-bond donors (Lipinski definition) is 1. The van der Waals surface area contributed by atoms with Crippen LogP contribution in [0.25, 0.3) is 0 Å². The SMILES string of the molecule is Cc1c(C#N)c(O)n(C)c(=O)c1N=Nc1cccc(OCS(=O)(=O)c2ccccc2)c1. The van der Waals surface area contributed by atoms with Gasteiger partial charge in [0.05, 0.1) is 10.6 Å². The van der Waals surface area contributed by atoms with E-state index < -0.39 is 27.2 Å². The molecule has 3 rings (SSSR count). The molecule has 2 aromatic carbocycles. The van der Waals surface area contributed by atoms with Crippen LogP contribution in [0, 0.1) is 18.3 Å². The van der Waals surface area contributed by atoms with E-state index >= 15 is 0 Å². The van der Waals surface area contributed by atoms with Gasteiger partial charge in [-0.25, -0.2) is 8.42 Å². The molecule has 10 heteroatoms. The number of benzene rings is 2. The van der Waals surface area contributed by atoms with Crippen molar-refractivity contribution in [3.8, 4) is 17.7 Å². The van der Waals surface area contributed by atoms with Gasteiger partial charge in [-0.2, -0.15) is 10.4 Å². The molecular formula is C21H18N4O5S. The van der Waals surface area contributed by atoms with Crippen LogP contribution in [0.3, 0.4) is 0 Å². The van der Waals surface area contributed by atoms with Crippen LogP contribution in [-0.2, 0) is 16.9 Å². The molecule has 1 heterocycles. The Labute approximate surface area is 178 Å². The molecule has 0 amide bonds. The quantitative estimate of drug-likeness (QED) is 0.585. The number of ether oxygens (including phenoxy) is 1. The Morgan fingerprint density at radius 3 is 2.52 bits per heavy atom. The van der Waals surface area contributed by atoms with Crippen molar-refractivity contribution in [2.24, 2.45) is 17.3 Å². The second kappa shape index (κ2) is 8.81. The number of aromatic nitrogens is 1. The minimum Gasteiger partial charge on any atom is -0.493 e. The van der Waals surface area contributed by atoms with Crippen molar-refractivity contribution in [3.05, 3.63) is 76.1 Å². The first kappa shape index (κ1) is 21.7. The highest BCUT2D eigenvalue weighted by Gasteiger charge is 2.17. The van der Waals surface area contributed by atoms with E-state index in [1.807, 2.05) is 6.07 Å². The Kier molecular flexibility index (Phi) is 6.17. The van der Waals surface area contributed by atoms with Gasteiger partial charge < -0.3 is 9.84 Å². The summed E-state index contributed by atoms with van der Waals surface area (Å²) < 4.78 is 31.0. The zero-order chi connectivity index (χ0) is 22.6. The first-order chi connectivity index (χ1) is 14.7. The average Bonchev–Trinajstić information content (AvgIpc) is 2.77. The Morgan fingerprint density at radius 2 is 1.84 bits per heavy atom. The van der Waals surface area contributed by atoms with Crippen molar-refractivity contribution in [1.29, 1.82) is 5.26 Å². The molecular weight excluding hydrogens is 420 g/mol. The molecule has 0 fully saturated rings. The van der Waals surface area contributed by atoms with Gasteiger partial charge in [0.15, 0.2) is 11.6 Å². The lowest BCUT2D eigenvalue weighted by Gasteiger charge is -2.09. The third kappa shape index (κ3) is 4.62. The normalized spacial score (nSPS) is 11.4. The summed E-state index contributed by atoms with van der Waals surface area (Å²) in [6.07, 6.45) is 0. The van der Waals surface area contributed by atoms with E-state index in [0.29, 0.717) is 5.69 Å². The standard InChI is InChI=1S/C21H18N4O5S/c1-14-18(12-22)20(26)25(2)21(27)19(14)24-23-15-7-6-8-16(11-15)30-13-31(28,29)17-9-4-3-5-10-17/h3-11,26H,13H2,1-2H3. The monoisotopic (exact) mass is 438 g/mol. The molecule has 1 aromatic heterocycles. The summed E-state index contributed by atoms with van der Waals surface area (Å²) in [6, 6.07) is 16.0. The zero-order valence-electron chi connectivity index (χ0n) is 16.7. The van der Waals surface area contributed by atoms with Crippen LogP contribution in [0.1, 0.15) is 11.1 Å². The Hall–Kier alpha value is -3.97. The fourth-order valence-electron chi connectivity index (χ4n) is 2.71. The lowest BCUT2D eigenvalue weighted by Crippen LogP contribution is -2.18. The number of nitrogens with zero attached hydrogens (tertiary/aromatic N) is 4. The molecule has 0 aliphatic rings. The van der Waals surface area contributed by atoms with Crippen LogP contribution >= 0.6 is 0 Å². The van der Waals surface area contributed by atoms with Crippen LogP contribution < -0.4 is 10.3 Å². The largest absolute Gasteiger partial charge is 0.493 e. The van der Waals surface area contributed by atoms with E-state index in [0.717, 1.165) is 4.57 Å². The Morgan fingerprint density at radius 1 is 1.13 bits per heavy atom. The molecule has 9 nitrogen and oxygen atoms in total. The molecule has 1 N–H and O–H groups in total. The van der Waals surface area contributed by atoms with E-state index in [1.54, 1.807) is 36.4 Å². The number of nitriles is 1. The number of hydrogen-bond acceptors (Lipinski definition) is 8. The minimum absolute atomic E-state index is 0.0701. The summed E-state index contributed by atoms with van der Waals surface area (Å²) in [6.45, 7) is 1.49. The third-order valence-electron chi connectivity index (χ3n) is 4.46. The number of sulfone groups is 1. The highest BCUT2D eigenvalue weighted by Crippen LogP contribution is 2.27. The molecule has 0 bridgehead atoms. The summed E-state index contributed by atoms with van der Waals surface area (Å²) >= 11 is 0. The van der Waals surface area contributed by atoms with Gasteiger partial charge in [0.1, 0.15) is 17.4 Å². The minimum atomic E-state index is -3.63. The fourth-order valence-corrected chi connectivity index (χ4v) is 3.70. The van der Waals surface area contributed by atoms with Gasteiger partial charge in [0, 0.05) is 18.7 Å². The average molecular weight is 438 g/mol. The van der Waals surface area contributed by atoms with Gasteiger partial charge in [-0.3, -0.25) is 9.36 Å². The summed E-state index contributed by atoms with van der Waals surface area (Å²) in [5, 5.41) is 27.1. The zero-order valence-corrected chi connectivity index (χ0v) is 17.5. The van der Waals surface area contributed by atoms with Gasteiger partial charge in [-0.05, 0) is 31.2 Å². The fraction of sp³-hybridized carbons (Fsp3) is 0.143. The summed E-state index contributed by atoms with van der Waals surface area (Å²) in [4.78, 5) is 12.5. The van der Waals surface area contributed by atoms with Gasteiger partial charge in [0.25, 0.3) is 5.56 Å². The molecule has 0 unspecified atom stereocenters. The second-order valence-electron chi connectivity index (χ2n) is 6.54. The first-order valence-electron chi connectivity index (χ1n) is 8.99. The molecule has 0 radical (unpaired) electrons. The van der Waals surface area contributed by atoms with E-state index in [9.17, 15) is 23.6 Å². The molecule has 31 heavy (non-hydrogen) atoms. The highest BCUT2D eigenvalue weighted by atomic mass is 32.2. The Balaban J connectivity index is 1.84. The maximum Gasteiger partial charge on any atom is 0.281 e. The number of aromatic hydroxyl groups is 1. The van der Waals surface area contributed by atoms with Crippen molar-refractivity contribution in [2.75, 3.05) is 5.94 Å². The van der Waals surface area contributed by atoms with Gasteiger partial charge >= 0.3 is 0 Å².